The fourth-order valence-electron chi connectivity index (χ4n) is 1.95. The predicted molar refractivity (Wildman–Crippen MR) is 68.9 cm³/mol. The van der Waals surface area contributed by atoms with Crippen LogP contribution in [0, 0.1) is 0 Å². The maximum atomic E-state index is 5.66. The Morgan fingerprint density at radius 1 is 1.44 bits per heavy atom. The highest BCUT2D eigenvalue weighted by atomic mass is 79.9. The highest BCUT2D eigenvalue weighted by molar-refractivity contribution is 9.10. The van der Waals surface area contributed by atoms with Crippen molar-refractivity contribution in [3.8, 4) is 5.75 Å². The summed E-state index contributed by atoms with van der Waals surface area (Å²) in [7, 11) is 0. The lowest BCUT2D eigenvalue weighted by Gasteiger charge is -2.26. The highest BCUT2D eigenvalue weighted by Crippen LogP contribution is 2.29. The van der Waals surface area contributed by atoms with E-state index in [1.165, 1.54) is 5.56 Å². The van der Waals surface area contributed by atoms with Gasteiger partial charge >= 0.3 is 0 Å². The quantitative estimate of drug-likeness (QED) is 0.892. The molecule has 1 aliphatic rings. The minimum atomic E-state index is 0.341. The van der Waals surface area contributed by atoms with Gasteiger partial charge in [0.1, 0.15) is 5.75 Å². The molecule has 1 saturated heterocycles. The van der Waals surface area contributed by atoms with E-state index in [1.807, 2.05) is 19.1 Å². The first-order valence-corrected chi connectivity index (χ1v) is 6.47. The third-order valence-corrected chi connectivity index (χ3v) is 3.18. The summed E-state index contributed by atoms with van der Waals surface area (Å²) in [4.78, 5) is 0. The van der Waals surface area contributed by atoms with Gasteiger partial charge in [-0.3, -0.25) is 0 Å². The molecule has 0 bridgehead atoms. The molecule has 2 rings (SSSR count). The fourth-order valence-corrected chi connectivity index (χ4v) is 2.33. The van der Waals surface area contributed by atoms with Gasteiger partial charge in [0.2, 0.25) is 0 Å². The van der Waals surface area contributed by atoms with Crippen LogP contribution in [0.15, 0.2) is 22.7 Å². The second-order valence-corrected chi connectivity index (χ2v) is 4.74. The van der Waals surface area contributed by atoms with Crippen molar-refractivity contribution in [2.75, 3.05) is 26.2 Å². The van der Waals surface area contributed by atoms with Crippen LogP contribution in [0.4, 0.5) is 0 Å². The largest absolute Gasteiger partial charge is 0.494 e. The van der Waals surface area contributed by atoms with Crippen LogP contribution in [-0.2, 0) is 0 Å². The summed E-state index contributed by atoms with van der Waals surface area (Å²) >= 11 is 3.51. The van der Waals surface area contributed by atoms with Crippen molar-refractivity contribution in [2.45, 2.75) is 13.0 Å². The van der Waals surface area contributed by atoms with Crippen molar-refractivity contribution in [3.63, 3.8) is 0 Å². The van der Waals surface area contributed by atoms with Gasteiger partial charge in [0, 0.05) is 35.7 Å². The number of piperazine rings is 1. The molecule has 0 radical (unpaired) electrons. The SMILES string of the molecule is CCOc1ccc(Br)cc1[C@H]1CNCCN1. The molecule has 1 atom stereocenters. The normalized spacial score (nSPS) is 20.8. The molecular formula is C12H17BrN2O. The van der Waals surface area contributed by atoms with Crippen LogP contribution < -0.4 is 15.4 Å². The van der Waals surface area contributed by atoms with Crippen molar-refractivity contribution >= 4 is 15.9 Å². The molecule has 1 fully saturated rings. The molecule has 0 spiro atoms. The molecule has 16 heavy (non-hydrogen) atoms. The zero-order chi connectivity index (χ0) is 11.4. The minimum Gasteiger partial charge on any atom is -0.494 e. The van der Waals surface area contributed by atoms with Crippen molar-refractivity contribution in [1.29, 1.82) is 0 Å². The molecule has 0 saturated carbocycles. The third-order valence-electron chi connectivity index (χ3n) is 2.69. The maximum absolute atomic E-state index is 5.66. The van der Waals surface area contributed by atoms with Crippen LogP contribution in [0.25, 0.3) is 0 Å². The number of hydrogen-bond donors (Lipinski definition) is 2. The monoisotopic (exact) mass is 284 g/mol. The van der Waals surface area contributed by atoms with Crippen LogP contribution in [0.1, 0.15) is 18.5 Å². The number of nitrogens with one attached hydrogen (secondary N) is 2. The van der Waals surface area contributed by atoms with E-state index >= 15 is 0 Å². The topological polar surface area (TPSA) is 33.3 Å². The van der Waals surface area contributed by atoms with E-state index in [2.05, 4.69) is 32.6 Å². The first-order chi connectivity index (χ1) is 7.81. The Labute approximate surface area is 105 Å². The molecule has 0 aromatic heterocycles. The van der Waals surface area contributed by atoms with E-state index in [0.29, 0.717) is 12.6 Å². The first-order valence-electron chi connectivity index (χ1n) is 5.67. The van der Waals surface area contributed by atoms with E-state index in [4.69, 9.17) is 4.74 Å². The summed E-state index contributed by atoms with van der Waals surface area (Å²) in [5.41, 5.74) is 1.23. The Hall–Kier alpha value is -0.580. The van der Waals surface area contributed by atoms with Crippen LogP contribution in [-0.4, -0.2) is 26.2 Å². The van der Waals surface area contributed by atoms with E-state index in [0.717, 1.165) is 29.9 Å². The summed E-state index contributed by atoms with van der Waals surface area (Å²) in [5, 5.41) is 6.89. The number of hydrogen-bond acceptors (Lipinski definition) is 3. The third kappa shape index (κ3) is 2.75. The van der Waals surface area contributed by atoms with Crippen LogP contribution >= 0.6 is 15.9 Å². The second-order valence-electron chi connectivity index (χ2n) is 3.83. The Bertz CT molecular complexity index is 351. The van der Waals surface area contributed by atoms with Crippen molar-refractivity contribution in [1.82, 2.24) is 10.6 Å². The number of benzene rings is 1. The standard InChI is InChI=1S/C12H17BrN2O/c1-2-16-12-4-3-9(13)7-10(12)11-8-14-5-6-15-11/h3-4,7,11,14-15H,2,5-6,8H2,1H3/t11-/m1/s1. The van der Waals surface area contributed by atoms with Gasteiger partial charge in [-0.05, 0) is 25.1 Å². The molecule has 0 amide bonds. The molecule has 1 heterocycles. The van der Waals surface area contributed by atoms with E-state index < -0.39 is 0 Å². The molecular weight excluding hydrogens is 268 g/mol. The predicted octanol–water partition coefficient (Wildman–Crippen LogP) is 2.08. The van der Waals surface area contributed by atoms with E-state index in [-0.39, 0.29) is 0 Å². The maximum Gasteiger partial charge on any atom is 0.124 e. The second kappa shape index (κ2) is 5.66. The van der Waals surface area contributed by atoms with Crippen molar-refractivity contribution in [2.24, 2.45) is 0 Å². The zero-order valence-corrected chi connectivity index (χ0v) is 11.0. The average molecular weight is 285 g/mol. The lowest BCUT2D eigenvalue weighted by molar-refractivity contribution is 0.326. The van der Waals surface area contributed by atoms with E-state index in [9.17, 15) is 0 Å². The van der Waals surface area contributed by atoms with Gasteiger partial charge < -0.3 is 15.4 Å². The molecule has 1 aromatic rings. The molecule has 1 aliphatic heterocycles. The fraction of sp³-hybridized carbons (Fsp3) is 0.500. The smallest absolute Gasteiger partial charge is 0.124 e. The molecule has 88 valence electrons. The minimum absolute atomic E-state index is 0.341. The summed E-state index contributed by atoms with van der Waals surface area (Å²) in [5.74, 6) is 0.979. The Balaban J connectivity index is 2.24. The molecule has 0 aliphatic carbocycles. The number of halogens is 1. The summed E-state index contributed by atoms with van der Waals surface area (Å²) < 4.78 is 6.75. The molecule has 4 heteroatoms. The number of ether oxygens (including phenoxy) is 1. The van der Waals surface area contributed by atoms with Gasteiger partial charge in [0.25, 0.3) is 0 Å². The van der Waals surface area contributed by atoms with Gasteiger partial charge in [0.05, 0.1) is 6.61 Å². The van der Waals surface area contributed by atoms with Crippen molar-refractivity contribution in [3.05, 3.63) is 28.2 Å². The summed E-state index contributed by atoms with van der Waals surface area (Å²) in [6.45, 7) is 5.71. The molecule has 1 aromatic carbocycles. The highest BCUT2D eigenvalue weighted by Gasteiger charge is 2.18. The van der Waals surface area contributed by atoms with Gasteiger partial charge in [-0.1, -0.05) is 15.9 Å². The molecule has 0 unspecified atom stereocenters. The number of rotatable bonds is 3. The Kier molecular flexibility index (Phi) is 4.21. The first kappa shape index (κ1) is 11.9. The average Bonchev–Trinajstić information content (AvgIpc) is 2.33. The van der Waals surface area contributed by atoms with Gasteiger partial charge in [-0.2, -0.15) is 0 Å². The summed E-state index contributed by atoms with van der Waals surface area (Å²) in [6, 6.07) is 6.52. The lowest BCUT2D eigenvalue weighted by atomic mass is 10.0. The van der Waals surface area contributed by atoms with Gasteiger partial charge in [-0.15, -0.1) is 0 Å². The molecule has 3 nitrogen and oxygen atoms in total. The van der Waals surface area contributed by atoms with Crippen LogP contribution in [0.5, 0.6) is 5.75 Å². The van der Waals surface area contributed by atoms with Gasteiger partial charge in [-0.25, -0.2) is 0 Å². The van der Waals surface area contributed by atoms with Gasteiger partial charge in [0.15, 0.2) is 0 Å². The van der Waals surface area contributed by atoms with E-state index in [1.54, 1.807) is 0 Å². The Morgan fingerprint density at radius 3 is 3.00 bits per heavy atom. The molecule has 2 N–H and O–H groups in total. The van der Waals surface area contributed by atoms with Crippen molar-refractivity contribution < 1.29 is 4.74 Å². The summed E-state index contributed by atoms with van der Waals surface area (Å²) in [6.07, 6.45) is 0. The van der Waals surface area contributed by atoms with Crippen LogP contribution in [0.3, 0.4) is 0 Å². The Morgan fingerprint density at radius 2 is 2.31 bits per heavy atom. The lowest BCUT2D eigenvalue weighted by Crippen LogP contribution is -2.42. The zero-order valence-electron chi connectivity index (χ0n) is 9.42. The van der Waals surface area contributed by atoms with Crippen LogP contribution in [0.2, 0.25) is 0 Å².